The number of anilines is 1. The molecule has 0 saturated heterocycles. The first-order chi connectivity index (χ1) is 14.3. The van der Waals surface area contributed by atoms with E-state index in [-0.39, 0.29) is 5.69 Å². The largest absolute Gasteiger partial charge is 0.497 e. The van der Waals surface area contributed by atoms with Crippen molar-refractivity contribution < 1.29 is 22.6 Å². The van der Waals surface area contributed by atoms with Crippen LogP contribution in [0.15, 0.2) is 60.7 Å². The minimum absolute atomic E-state index is 0.0468. The van der Waals surface area contributed by atoms with E-state index in [9.17, 15) is 13.2 Å². The Morgan fingerprint density at radius 3 is 1.60 bits per heavy atom. The van der Waals surface area contributed by atoms with Crippen molar-refractivity contribution in [3.8, 4) is 11.5 Å². The van der Waals surface area contributed by atoms with E-state index in [2.05, 4.69) is 4.98 Å². The van der Waals surface area contributed by atoms with Gasteiger partial charge in [-0.2, -0.15) is 13.2 Å². The second-order valence-corrected chi connectivity index (χ2v) is 6.85. The highest BCUT2D eigenvalue weighted by molar-refractivity contribution is 5.45. The van der Waals surface area contributed by atoms with Gasteiger partial charge in [-0.1, -0.05) is 24.3 Å². The zero-order valence-electron chi connectivity index (χ0n) is 17.0. The van der Waals surface area contributed by atoms with Crippen molar-refractivity contribution in [2.45, 2.75) is 26.2 Å². The first kappa shape index (κ1) is 21.5. The molecule has 0 radical (unpaired) electrons. The van der Waals surface area contributed by atoms with Crippen LogP contribution in [0.25, 0.3) is 0 Å². The third-order valence-corrected chi connectivity index (χ3v) is 4.77. The van der Waals surface area contributed by atoms with Gasteiger partial charge in [0, 0.05) is 13.1 Å². The van der Waals surface area contributed by atoms with E-state index in [1.54, 1.807) is 14.2 Å². The second-order valence-electron chi connectivity index (χ2n) is 6.85. The fraction of sp³-hybridized carbons (Fsp3) is 0.261. The van der Waals surface area contributed by atoms with Gasteiger partial charge in [-0.25, -0.2) is 4.98 Å². The molecule has 0 N–H and O–H groups in total. The van der Waals surface area contributed by atoms with E-state index >= 15 is 0 Å². The standard InChI is InChI=1S/C23H23F3N2O2/c1-16-21(23(24,25)26)12-13-22(27-16)28(14-17-4-8-19(29-2)9-5-17)15-18-6-10-20(30-3)11-7-18/h4-13H,14-15H2,1-3H3. The normalized spacial score (nSPS) is 11.3. The van der Waals surface area contributed by atoms with Crippen LogP contribution in [0.2, 0.25) is 0 Å². The predicted octanol–water partition coefficient (Wildman–Crippen LogP) is 5.63. The Labute approximate surface area is 173 Å². The summed E-state index contributed by atoms with van der Waals surface area (Å²) in [6, 6.07) is 17.6. The second kappa shape index (κ2) is 9.07. The van der Waals surface area contributed by atoms with E-state index < -0.39 is 11.7 Å². The Kier molecular flexibility index (Phi) is 6.50. The molecule has 0 spiro atoms. The number of methoxy groups -OCH3 is 2. The van der Waals surface area contributed by atoms with E-state index in [0.717, 1.165) is 28.7 Å². The fourth-order valence-corrected chi connectivity index (χ4v) is 3.14. The van der Waals surface area contributed by atoms with Crippen LogP contribution in [0.5, 0.6) is 11.5 Å². The minimum Gasteiger partial charge on any atom is -0.497 e. The first-order valence-corrected chi connectivity index (χ1v) is 9.36. The molecule has 3 rings (SSSR count). The molecule has 0 bridgehead atoms. The maximum absolute atomic E-state index is 13.1. The zero-order valence-corrected chi connectivity index (χ0v) is 17.0. The summed E-state index contributed by atoms with van der Waals surface area (Å²) < 4.78 is 49.8. The van der Waals surface area contributed by atoms with E-state index in [1.165, 1.54) is 13.0 Å². The highest BCUT2D eigenvalue weighted by Gasteiger charge is 2.33. The van der Waals surface area contributed by atoms with Gasteiger partial charge in [0.05, 0.1) is 25.5 Å². The van der Waals surface area contributed by atoms with Gasteiger partial charge in [0.2, 0.25) is 0 Å². The Hall–Kier alpha value is -3.22. The highest BCUT2D eigenvalue weighted by atomic mass is 19.4. The SMILES string of the molecule is COc1ccc(CN(Cc2ccc(OC)cc2)c2ccc(C(F)(F)F)c(C)n2)cc1. The number of aromatic nitrogens is 1. The lowest BCUT2D eigenvalue weighted by Crippen LogP contribution is -2.24. The summed E-state index contributed by atoms with van der Waals surface area (Å²) >= 11 is 0. The molecular weight excluding hydrogens is 393 g/mol. The number of pyridine rings is 1. The Morgan fingerprint density at radius 2 is 1.23 bits per heavy atom. The average Bonchev–Trinajstić information content (AvgIpc) is 2.73. The van der Waals surface area contributed by atoms with Crippen LogP contribution >= 0.6 is 0 Å². The molecule has 0 atom stereocenters. The Morgan fingerprint density at radius 1 is 0.767 bits per heavy atom. The van der Waals surface area contributed by atoms with Gasteiger partial charge in [0.1, 0.15) is 17.3 Å². The lowest BCUT2D eigenvalue weighted by atomic mass is 10.1. The molecule has 0 saturated carbocycles. The minimum atomic E-state index is -4.42. The number of rotatable bonds is 7. The van der Waals surface area contributed by atoms with E-state index in [1.807, 2.05) is 53.4 Å². The molecule has 158 valence electrons. The number of alkyl halides is 3. The smallest absolute Gasteiger partial charge is 0.418 e. The lowest BCUT2D eigenvalue weighted by molar-refractivity contribution is -0.138. The summed E-state index contributed by atoms with van der Waals surface area (Å²) in [7, 11) is 3.19. The van der Waals surface area contributed by atoms with Crippen LogP contribution in [0, 0.1) is 6.92 Å². The van der Waals surface area contributed by atoms with Gasteiger partial charge in [-0.3, -0.25) is 0 Å². The average molecular weight is 416 g/mol. The third-order valence-electron chi connectivity index (χ3n) is 4.77. The summed E-state index contributed by atoms with van der Waals surface area (Å²) in [5.41, 5.74) is 1.21. The summed E-state index contributed by atoms with van der Waals surface area (Å²) in [5.74, 6) is 1.96. The monoisotopic (exact) mass is 416 g/mol. The number of halogens is 3. The van der Waals surface area contributed by atoms with Crippen LogP contribution in [-0.2, 0) is 19.3 Å². The van der Waals surface area contributed by atoms with Gasteiger partial charge in [0.25, 0.3) is 0 Å². The molecule has 2 aromatic carbocycles. The molecule has 0 aliphatic carbocycles. The van der Waals surface area contributed by atoms with Gasteiger partial charge in [-0.15, -0.1) is 0 Å². The maximum atomic E-state index is 13.1. The molecule has 30 heavy (non-hydrogen) atoms. The van der Waals surface area contributed by atoms with Crippen LogP contribution in [-0.4, -0.2) is 19.2 Å². The molecule has 1 aromatic heterocycles. The summed E-state index contributed by atoms with van der Waals surface area (Å²) in [4.78, 5) is 6.20. The predicted molar refractivity (Wildman–Crippen MR) is 110 cm³/mol. The summed E-state index contributed by atoms with van der Waals surface area (Å²) in [6.45, 7) is 2.34. The molecule has 0 aliphatic rings. The van der Waals surface area contributed by atoms with Crippen LogP contribution in [0.3, 0.4) is 0 Å². The first-order valence-electron chi connectivity index (χ1n) is 9.36. The number of hydrogen-bond acceptors (Lipinski definition) is 4. The van der Waals surface area contributed by atoms with Gasteiger partial charge >= 0.3 is 6.18 Å². The molecule has 0 aliphatic heterocycles. The molecule has 7 heteroatoms. The fourth-order valence-electron chi connectivity index (χ4n) is 3.14. The topological polar surface area (TPSA) is 34.6 Å². The summed E-state index contributed by atoms with van der Waals surface area (Å²) in [6.07, 6.45) is -4.42. The lowest BCUT2D eigenvalue weighted by Gasteiger charge is -2.25. The molecule has 1 heterocycles. The number of nitrogens with zero attached hydrogens (tertiary/aromatic N) is 2. The van der Waals surface area contributed by atoms with Crippen LogP contribution in [0.1, 0.15) is 22.4 Å². The van der Waals surface area contributed by atoms with Crippen molar-refractivity contribution in [3.63, 3.8) is 0 Å². The number of hydrogen-bond donors (Lipinski definition) is 0. The maximum Gasteiger partial charge on any atom is 0.418 e. The van der Waals surface area contributed by atoms with Gasteiger partial charge < -0.3 is 14.4 Å². The van der Waals surface area contributed by atoms with Gasteiger partial charge in [-0.05, 0) is 54.4 Å². The van der Waals surface area contributed by atoms with Crippen LogP contribution in [0.4, 0.5) is 19.0 Å². The van der Waals surface area contributed by atoms with Crippen molar-refractivity contribution in [2.75, 3.05) is 19.1 Å². The molecule has 0 unspecified atom stereocenters. The Balaban J connectivity index is 1.92. The summed E-state index contributed by atoms with van der Waals surface area (Å²) in [5, 5.41) is 0. The van der Waals surface area contributed by atoms with Crippen molar-refractivity contribution in [2.24, 2.45) is 0 Å². The van der Waals surface area contributed by atoms with E-state index in [4.69, 9.17) is 9.47 Å². The molecule has 0 fully saturated rings. The van der Waals surface area contributed by atoms with Crippen molar-refractivity contribution in [3.05, 3.63) is 83.0 Å². The van der Waals surface area contributed by atoms with Crippen molar-refractivity contribution in [1.82, 2.24) is 4.98 Å². The number of benzene rings is 2. The quantitative estimate of drug-likeness (QED) is 0.500. The van der Waals surface area contributed by atoms with Gasteiger partial charge in [0.15, 0.2) is 0 Å². The molecule has 0 amide bonds. The molecular formula is C23H23F3N2O2. The number of aryl methyl sites for hydroxylation is 1. The highest BCUT2D eigenvalue weighted by Crippen LogP contribution is 2.32. The number of ether oxygens (including phenoxy) is 2. The molecule has 3 aromatic rings. The molecule has 4 nitrogen and oxygen atoms in total. The zero-order chi connectivity index (χ0) is 21.7. The van der Waals surface area contributed by atoms with Crippen molar-refractivity contribution >= 4 is 5.82 Å². The van der Waals surface area contributed by atoms with E-state index in [0.29, 0.717) is 18.9 Å². The van der Waals surface area contributed by atoms with Crippen molar-refractivity contribution in [1.29, 1.82) is 0 Å². The Bertz CT molecular complexity index is 922. The van der Waals surface area contributed by atoms with Crippen LogP contribution < -0.4 is 14.4 Å². The third kappa shape index (κ3) is 5.23.